The molecule has 0 aromatic heterocycles. The van der Waals surface area contributed by atoms with Crippen LogP contribution in [0.5, 0.6) is 0 Å². The maximum Gasteiger partial charge on any atom is 0.234 e. The van der Waals surface area contributed by atoms with Crippen molar-refractivity contribution in [3.05, 3.63) is 0 Å². The van der Waals surface area contributed by atoms with Crippen LogP contribution in [0.25, 0.3) is 0 Å². The SMILES string of the molecule is CCC(C)C.CNCC(=O)NCC(=O)C(C)(C)O. The second-order valence-corrected chi connectivity index (χ2v) is 5.09. The van der Waals surface area contributed by atoms with Crippen molar-refractivity contribution in [2.24, 2.45) is 5.92 Å². The molecular weight excluding hydrogens is 232 g/mol. The van der Waals surface area contributed by atoms with E-state index in [1.807, 2.05) is 0 Å². The fourth-order valence-corrected chi connectivity index (χ4v) is 0.618. The van der Waals surface area contributed by atoms with Crippen LogP contribution in [0, 0.1) is 5.92 Å². The molecule has 0 aliphatic heterocycles. The lowest BCUT2D eigenvalue weighted by Crippen LogP contribution is -2.42. The summed E-state index contributed by atoms with van der Waals surface area (Å²) in [6.45, 7) is 9.45. The highest BCUT2D eigenvalue weighted by Crippen LogP contribution is 2.00. The Balaban J connectivity index is 0. The van der Waals surface area contributed by atoms with E-state index < -0.39 is 11.4 Å². The van der Waals surface area contributed by atoms with Gasteiger partial charge in [-0.3, -0.25) is 9.59 Å². The molecule has 0 atom stereocenters. The molecule has 0 radical (unpaired) electrons. The Morgan fingerprint density at radius 1 is 1.22 bits per heavy atom. The van der Waals surface area contributed by atoms with Gasteiger partial charge < -0.3 is 15.7 Å². The van der Waals surface area contributed by atoms with Crippen molar-refractivity contribution >= 4 is 11.7 Å². The van der Waals surface area contributed by atoms with Gasteiger partial charge in [-0.2, -0.15) is 0 Å². The van der Waals surface area contributed by atoms with Gasteiger partial charge in [-0.1, -0.05) is 27.2 Å². The topological polar surface area (TPSA) is 78.4 Å². The molecule has 0 unspecified atom stereocenters. The molecule has 0 bridgehead atoms. The molecule has 5 heteroatoms. The minimum absolute atomic E-state index is 0.135. The van der Waals surface area contributed by atoms with E-state index in [0.717, 1.165) is 5.92 Å². The molecule has 108 valence electrons. The number of likely N-dealkylation sites (N-methyl/N-ethyl adjacent to an activating group) is 1. The Morgan fingerprint density at radius 3 is 1.94 bits per heavy atom. The molecule has 0 aliphatic carbocycles. The van der Waals surface area contributed by atoms with Gasteiger partial charge in [0.25, 0.3) is 0 Å². The number of hydrogen-bond acceptors (Lipinski definition) is 4. The molecule has 18 heavy (non-hydrogen) atoms. The molecule has 0 fully saturated rings. The second-order valence-electron chi connectivity index (χ2n) is 5.09. The zero-order chi connectivity index (χ0) is 14.8. The van der Waals surface area contributed by atoms with E-state index in [0.29, 0.717) is 0 Å². The number of carbonyl (C=O) groups excluding carboxylic acids is 2. The van der Waals surface area contributed by atoms with Gasteiger partial charge in [0.2, 0.25) is 5.91 Å². The first kappa shape index (κ1) is 19.4. The molecule has 0 rings (SSSR count). The Hall–Kier alpha value is -0.940. The number of Topliss-reactive ketones (excluding diaryl/α,β-unsaturated/α-hetero) is 1. The summed E-state index contributed by atoms with van der Waals surface area (Å²) in [5.74, 6) is 0.215. The maximum absolute atomic E-state index is 11.1. The molecular formula is C13H28N2O3. The zero-order valence-electron chi connectivity index (χ0n) is 12.5. The first-order valence-electron chi connectivity index (χ1n) is 6.32. The van der Waals surface area contributed by atoms with Crippen LogP contribution < -0.4 is 10.6 Å². The van der Waals surface area contributed by atoms with Gasteiger partial charge in [-0.05, 0) is 26.8 Å². The van der Waals surface area contributed by atoms with Gasteiger partial charge in [0.05, 0.1) is 13.1 Å². The van der Waals surface area contributed by atoms with Crippen LogP contribution in [0.3, 0.4) is 0 Å². The highest BCUT2D eigenvalue weighted by Gasteiger charge is 2.23. The Morgan fingerprint density at radius 2 is 1.67 bits per heavy atom. The summed E-state index contributed by atoms with van der Waals surface area (Å²) in [5.41, 5.74) is -1.38. The van der Waals surface area contributed by atoms with E-state index in [1.165, 1.54) is 20.3 Å². The van der Waals surface area contributed by atoms with Crippen molar-refractivity contribution in [2.45, 2.75) is 46.6 Å². The predicted octanol–water partition coefficient (Wildman–Crippen LogP) is 0.714. The summed E-state index contributed by atoms with van der Waals surface area (Å²) in [4.78, 5) is 22.0. The highest BCUT2D eigenvalue weighted by molar-refractivity contribution is 5.91. The average molecular weight is 260 g/mol. The summed E-state index contributed by atoms with van der Waals surface area (Å²) in [6, 6.07) is 0. The third-order valence-corrected chi connectivity index (χ3v) is 2.28. The van der Waals surface area contributed by atoms with Crippen molar-refractivity contribution in [3.8, 4) is 0 Å². The number of carbonyl (C=O) groups is 2. The Bertz CT molecular complexity index is 245. The number of rotatable bonds is 6. The van der Waals surface area contributed by atoms with Crippen molar-refractivity contribution < 1.29 is 14.7 Å². The van der Waals surface area contributed by atoms with E-state index in [9.17, 15) is 14.7 Å². The van der Waals surface area contributed by atoms with Crippen LogP contribution in [0.4, 0.5) is 0 Å². The molecule has 3 N–H and O–H groups in total. The molecule has 5 nitrogen and oxygen atoms in total. The number of aliphatic hydroxyl groups is 1. The molecule has 0 spiro atoms. The zero-order valence-corrected chi connectivity index (χ0v) is 12.5. The van der Waals surface area contributed by atoms with E-state index in [-0.39, 0.29) is 19.0 Å². The van der Waals surface area contributed by atoms with Crippen molar-refractivity contribution in [2.75, 3.05) is 20.1 Å². The smallest absolute Gasteiger partial charge is 0.234 e. The molecule has 0 aromatic rings. The second kappa shape index (κ2) is 10.0. The van der Waals surface area contributed by atoms with Gasteiger partial charge in [-0.15, -0.1) is 0 Å². The first-order chi connectivity index (χ1) is 8.15. The average Bonchev–Trinajstić information content (AvgIpc) is 2.25. The van der Waals surface area contributed by atoms with Crippen molar-refractivity contribution in [1.82, 2.24) is 10.6 Å². The quantitative estimate of drug-likeness (QED) is 0.657. The number of nitrogens with one attached hydrogen (secondary N) is 2. The molecule has 1 amide bonds. The fourth-order valence-electron chi connectivity index (χ4n) is 0.618. The summed E-state index contributed by atoms with van der Waals surface area (Å²) in [6.07, 6.45) is 1.31. The number of amides is 1. The maximum atomic E-state index is 11.1. The minimum atomic E-state index is -1.38. The molecule has 0 heterocycles. The van der Waals surface area contributed by atoms with Crippen LogP contribution in [-0.4, -0.2) is 42.5 Å². The van der Waals surface area contributed by atoms with E-state index >= 15 is 0 Å². The predicted molar refractivity (Wildman–Crippen MR) is 73.4 cm³/mol. The molecule has 0 aromatic carbocycles. The molecule has 0 saturated heterocycles. The van der Waals surface area contributed by atoms with Crippen molar-refractivity contribution in [1.29, 1.82) is 0 Å². The lowest BCUT2D eigenvalue weighted by atomic mass is 10.0. The largest absolute Gasteiger partial charge is 0.383 e. The van der Waals surface area contributed by atoms with Crippen LogP contribution in [0.15, 0.2) is 0 Å². The molecule has 0 saturated carbocycles. The minimum Gasteiger partial charge on any atom is -0.383 e. The Kier molecular flexibility index (Phi) is 10.8. The first-order valence-corrected chi connectivity index (χ1v) is 6.32. The number of hydrogen-bond donors (Lipinski definition) is 3. The monoisotopic (exact) mass is 260 g/mol. The van der Waals surface area contributed by atoms with E-state index in [4.69, 9.17) is 0 Å². The van der Waals surface area contributed by atoms with Gasteiger partial charge in [0, 0.05) is 0 Å². The van der Waals surface area contributed by atoms with Crippen LogP contribution in [-0.2, 0) is 9.59 Å². The third kappa shape index (κ3) is 13.1. The summed E-state index contributed by atoms with van der Waals surface area (Å²) >= 11 is 0. The van der Waals surface area contributed by atoms with Crippen LogP contribution >= 0.6 is 0 Å². The summed E-state index contributed by atoms with van der Waals surface area (Å²) in [5, 5.41) is 14.2. The standard InChI is InChI=1S/C8H16N2O3.C5H12/c1-8(2,13)6(11)4-10-7(12)5-9-3;1-4-5(2)3/h9,13H,4-5H2,1-3H3,(H,10,12);5H,4H2,1-3H3. The highest BCUT2D eigenvalue weighted by atomic mass is 16.3. The van der Waals surface area contributed by atoms with E-state index in [2.05, 4.69) is 31.4 Å². The van der Waals surface area contributed by atoms with E-state index in [1.54, 1.807) is 7.05 Å². The van der Waals surface area contributed by atoms with Crippen LogP contribution in [0.1, 0.15) is 41.0 Å². The normalized spacial score (nSPS) is 10.7. The third-order valence-electron chi connectivity index (χ3n) is 2.28. The summed E-state index contributed by atoms with van der Waals surface area (Å²) in [7, 11) is 1.64. The van der Waals surface area contributed by atoms with Gasteiger partial charge in [0.15, 0.2) is 5.78 Å². The van der Waals surface area contributed by atoms with Crippen molar-refractivity contribution in [3.63, 3.8) is 0 Å². The van der Waals surface area contributed by atoms with Gasteiger partial charge in [-0.25, -0.2) is 0 Å². The fraction of sp³-hybridized carbons (Fsp3) is 0.846. The summed E-state index contributed by atoms with van der Waals surface area (Å²) < 4.78 is 0. The van der Waals surface area contributed by atoms with Crippen LogP contribution in [0.2, 0.25) is 0 Å². The van der Waals surface area contributed by atoms with Gasteiger partial charge in [0.1, 0.15) is 5.60 Å². The van der Waals surface area contributed by atoms with Gasteiger partial charge >= 0.3 is 0 Å². The lowest BCUT2D eigenvalue weighted by molar-refractivity contribution is -0.134. The lowest BCUT2D eigenvalue weighted by Gasteiger charge is -2.15. The number of ketones is 1. The Labute approximate surface area is 110 Å². The molecule has 0 aliphatic rings.